The van der Waals surface area contributed by atoms with Crippen molar-refractivity contribution in [1.82, 2.24) is 14.7 Å². The van der Waals surface area contributed by atoms with E-state index in [9.17, 15) is 0 Å². The van der Waals surface area contributed by atoms with Gasteiger partial charge in [0.2, 0.25) is 0 Å². The van der Waals surface area contributed by atoms with Gasteiger partial charge in [0.15, 0.2) is 0 Å². The zero-order valence-electron chi connectivity index (χ0n) is 10.7. The summed E-state index contributed by atoms with van der Waals surface area (Å²) in [5, 5.41) is 4.30. The summed E-state index contributed by atoms with van der Waals surface area (Å²) in [6.45, 7) is 8.49. The smallest absolute Gasteiger partial charge is 0.0824 e. The van der Waals surface area contributed by atoms with Crippen molar-refractivity contribution in [2.75, 3.05) is 26.2 Å². The Kier molecular flexibility index (Phi) is 4.15. The molecule has 2 atom stereocenters. The summed E-state index contributed by atoms with van der Waals surface area (Å²) in [4.78, 5) is 2.43. The molecule has 5 heteroatoms. The van der Waals surface area contributed by atoms with Crippen LogP contribution in [0.1, 0.15) is 12.5 Å². The number of nitrogens with zero attached hydrogens (tertiary/aromatic N) is 3. The molecule has 1 aliphatic rings. The molecule has 0 spiro atoms. The van der Waals surface area contributed by atoms with Crippen molar-refractivity contribution in [1.29, 1.82) is 0 Å². The normalized spacial score (nSPS) is 26.3. The van der Waals surface area contributed by atoms with Crippen molar-refractivity contribution in [3.8, 4) is 0 Å². The first-order chi connectivity index (χ1) is 8.19. The fraction of sp³-hybridized carbons (Fsp3) is 0.750. The van der Waals surface area contributed by atoms with E-state index in [0.717, 1.165) is 26.2 Å². The van der Waals surface area contributed by atoms with E-state index >= 15 is 0 Å². The van der Waals surface area contributed by atoms with E-state index in [1.54, 1.807) is 0 Å². The first kappa shape index (κ1) is 12.5. The molecule has 1 aromatic rings. The third-order valence-electron chi connectivity index (χ3n) is 3.28. The Bertz CT molecular complexity index is 352. The molecule has 2 N–H and O–H groups in total. The van der Waals surface area contributed by atoms with E-state index in [1.165, 1.54) is 5.56 Å². The zero-order chi connectivity index (χ0) is 12.3. The lowest BCUT2D eigenvalue weighted by Crippen LogP contribution is -2.51. The Morgan fingerprint density at radius 1 is 1.53 bits per heavy atom. The van der Waals surface area contributed by atoms with Gasteiger partial charge >= 0.3 is 0 Å². The second-order valence-electron chi connectivity index (χ2n) is 4.82. The largest absolute Gasteiger partial charge is 0.374 e. The molecule has 0 saturated carbocycles. The molecule has 2 rings (SSSR count). The molecule has 0 amide bonds. The van der Waals surface area contributed by atoms with Crippen LogP contribution in [0.3, 0.4) is 0 Å². The number of hydrogen-bond donors (Lipinski definition) is 1. The average Bonchev–Trinajstić information content (AvgIpc) is 2.74. The Morgan fingerprint density at radius 2 is 2.35 bits per heavy atom. The van der Waals surface area contributed by atoms with Gasteiger partial charge in [-0.1, -0.05) is 0 Å². The third kappa shape index (κ3) is 3.28. The molecule has 1 aliphatic heterocycles. The minimum atomic E-state index is 0.186. The van der Waals surface area contributed by atoms with Crippen molar-refractivity contribution >= 4 is 0 Å². The standard InChI is InChI=1S/C12H22N4O/c1-10-6-14-16(7-10)4-3-15-8-12(5-13)17-9-11(15)2/h6-7,11-12H,3-5,8-9,13H2,1-2H3. The van der Waals surface area contributed by atoms with Gasteiger partial charge < -0.3 is 10.5 Å². The maximum Gasteiger partial charge on any atom is 0.0824 e. The van der Waals surface area contributed by atoms with Crippen molar-refractivity contribution in [2.24, 2.45) is 5.73 Å². The highest BCUT2D eigenvalue weighted by Gasteiger charge is 2.24. The molecular weight excluding hydrogens is 216 g/mol. The van der Waals surface area contributed by atoms with Gasteiger partial charge in [0.1, 0.15) is 0 Å². The summed E-state index contributed by atoms with van der Waals surface area (Å²) in [6.07, 6.45) is 4.15. The van der Waals surface area contributed by atoms with Crippen LogP contribution in [0, 0.1) is 6.92 Å². The van der Waals surface area contributed by atoms with Gasteiger partial charge in [-0.3, -0.25) is 9.58 Å². The minimum Gasteiger partial charge on any atom is -0.374 e. The van der Waals surface area contributed by atoms with Crippen LogP contribution in [0.15, 0.2) is 12.4 Å². The van der Waals surface area contributed by atoms with Gasteiger partial charge in [-0.25, -0.2) is 0 Å². The monoisotopic (exact) mass is 238 g/mol. The van der Waals surface area contributed by atoms with E-state index in [-0.39, 0.29) is 6.10 Å². The average molecular weight is 238 g/mol. The predicted molar refractivity (Wildman–Crippen MR) is 66.8 cm³/mol. The first-order valence-electron chi connectivity index (χ1n) is 6.24. The SMILES string of the molecule is Cc1cnn(CCN2CC(CN)OCC2C)c1. The molecule has 0 radical (unpaired) electrons. The van der Waals surface area contributed by atoms with E-state index in [0.29, 0.717) is 12.6 Å². The predicted octanol–water partition coefficient (Wildman–Crippen LogP) is 0.240. The summed E-state index contributed by atoms with van der Waals surface area (Å²) >= 11 is 0. The van der Waals surface area contributed by atoms with Gasteiger partial charge in [-0.05, 0) is 19.4 Å². The van der Waals surface area contributed by atoms with E-state index in [2.05, 4.69) is 30.0 Å². The van der Waals surface area contributed by atoms with Crippen LogP contribution >= 0.6 is 0 Å². The summed E-state index contributed by atoms with van der Waals surface area (Å²) in [5.41, 5.74) is 6.86. The van der Waals surface area contributed by atoms with Gasteiger partial charge in [0, 0.05) is 31.9 Å². The molecule has 0 bridgehead atoms. The summed E-state index contributed by atoms with van der Waals surface area (Å²) in [5.74, 6) is 0. The van der Waals surface area contributed by atoms with E-state index in [4.69, 9.17) is 10.5 Å². The molecule has 1 saturated heterocycles. The highest BCUT2D eigenvalue weighted by atomic mass is 16.5. The molecule has 17 heavy (non-hydrogen) atoms. The van der Waals surface area contributed by atoms with Crippen molar-refractivity contribution in [3.63, 3.8) is 0 Å². The van der Waals surface area contributed by atoms with Gasteiger partial charge in [-0.2, -0.15) is 5.10 Å². The number of hydrogen-bond acceptors (Lipinski definition) is 4. The first-order valence-corrected chi connectivity index (χ1v) is 6.24. The zero-order valence-corrected chi connectivity index (χ0v) is 10.7. The molecule has 5 nitrogen and oxygen atoms in total. The van der Waals surface area contributed by atoms with Gasteiger partial charge in [0.05, 0.1) is 25.5 Å². The number of morpholine rings is 1. The Hall–Kier alpha value is -0.910. The quantitative estimate of drug-likeness (QED) is 0.816. The Balaban J connectivity index is 1.84. The summed E-state index contributed by atoms with van der Waals surface area (Å²) < 4.78 is 7.63. The molecule has 1 fully saturated rings. The maximum atomic E-state index is 5.65. The molecule has 1 aromatic heterocycles. The lowest BCUT2D eigenvalue weighted by atomic mass is 10.2. The lowest BCUT2D eigenvalue weighted by Gasteiger charge is -2.37. The number of aryl methyl sites for hydroxylation is 1. The Morgan fingerprint density at radius 3 is 3.00 bits per heavy atom. The summed E-state index contributed by atoms with van der Waals surface area (Å²) in [7, 11) is 0. The van der Waals surface area contributed by atoms with Gasteiger partial charge in [0.25, 0.3) is 0 Å². The van der Waals surface area contributed by atoms with Gasteiger partial charge in [-0.15, -0.1) is 0 Å². The number of nitrogens with two attached hydrogens (primary N) is 1. The minimum absolute atomic E-state index is 0.186. The molecular formula is C12H22N4O. The van der Waals surface area contributed by atoms with Crippen LogP contribution in [0.2, 0.25) is 0 Å². The highest BCUT2D eigenvalue weighted by Crippen LogP contribution is 2.10. The Labute approximate surface area is 103 Å². The number of rotatable bonds is 4. The van der Waals surface area contributed by atoms with Crippen molar-refractivity contribution in [3.05, 3.63) is 18.0 Å². The summed E-state index contributed by atoms with van der Waals surface area (Å²) in [6, 6.07) is 0.467. The van der Waals surface area contributed by atoms with Crippen LogP contribution in [-0.4, -0.2) is 53.1 Å². The second kappa shape index (κ2) is 5.62. The van der Waals surface area contributed by atoms with E-state index in [1.807, 2.05) is 10.9 Å². The number of ether oxygens (including phenoxy) is 1. The van der Waals surface area contributed by atoms with Crippen LogP contribution in [-0.2, 0) is 11.3 Å². The van der Waals surface area contributed by atoms with Crippen molar-refractivity contribution < 1.29 is 4.74 Å². The third-order valence-corrected chi connectivity index (χ3v) is 3.28. The second-order valence-corrected chi connectivity index (χ2v) is 4.82. The van der Waals surface area contributed by atoms with Crippen molar-refractivity contribution in [2.45, 2.75) is 32.5 Å². The number of aromatic nitrogens is 2. The fourth-order valence-electron chi connectivity index (χ4n) is 2.15. The van der Waals surface area contributed by atoms with Crippen LogP contribution in [0.4, 0.5) is 0 Å². The maximum absolute atomic E-state index is 5.65. The molecule has 0 aromatic carbocycles. The fourth-order valence-corrected chi connectivity index (χ4v) is 2.15. The van der Waals surface area contributed by atoms with Crippen LogP contribution < -0.4 is 5.73 Å². The topological polar surface area (TPSA) is 56.3 Å². The molecule has 96 valence electrons. The van der Waals surface area contributed by atoms with Crippen LogP contribution in [0.5, 0.6) is 0 Å². The van der Waals surface area contributed by atoms with Crippen LogP contribution in [0.25, 0.3) is 0 Å². The van der Waals surface area contributed by atoms with E-state index < -0.39 is 0 Å². The lowest BCUT2D eigenvalue weighted by molar-refractivity contribution is -0.0545. The molecule has 2 heterocycles. The molecule has 0 aliphatic carbocycles. The highest BCUT2D eigenvalue weighted by molar-refractivity contribution is 4.99. The molecule has 2 unspecified atom stereocenters.